The van der Waals surface area contributed by atoms with Gasteiger partial charge in [0.1, 0.15) is 0 Å². The summed E-state index contributed by atoms with van der Waals surface area (Å²) in [6.45, 7) is 7.21. The van der Waals surface area contributed by atoms with E-state index in [2.05, 4.69) is 32.0 Å². The van der Waals surface area contributed by atoms with Gasteiger partial charge in [0, 0.05) is 13.1 Å². The Morgan fingerprint density at radius 1 is 1.28 bits per heavy atom. The summed E-state index contributed by atoms with van der Waals surface area (Å²) in [7, 11) is -3.06. The normalized spacial score (nSPS) is 16.9. The summed E-state index contributed by atoms with van der Waals surface area (Å²) in [5.74, 6) is 0.708. The molecular formula is C14H21NO2S. The molecule has 0 bridgehead atoms. The van der Waals surface area contributed by atoms with Crippen LogP contribution in [0.1, 0.15) is 43.4 Å². The maximum Gasteiger partial charge on any atom is 0.214 e. The van der Waals surface area contributed by atoms with E-state index in [9.17, 15) is 8.42 Å². The molecule has 3 nitrogen and oxygen atoms in total. The van der Waals surface area contributed by atoms with Crippen molar-refractivity contribution in [2.24, 2.45) is 0 Å². The third-order valence-electron chi connectivity index (χ3n) is 3.63. The van der Waals surface area contributed by atoms with Crippen molar-refractivity contribution >= 4 is 10.0 Å². The molecule has 0 fully saturated rings. The largest absolute Gasteiger partial charge is 0.214 e. The first-order valence-electron chi connectivity index (χ1n) is 6.53. The molecule has 0 radical (unpaired) electrons. The van der Waals surface area contributed by atoms with Gasteiger partial charge in [-0.15, -0.1) is 0 Å². The van der Waals surface area contributed by atoms with E-state index in [4.69, 9.17) is 0 Å². The van der Waals surface area contributed by atoms with E-state index in [1.54, 1.807) is 11.2 Å². The summed E-state index contributed by atoms with van der Waals surface area (Å²) in [5, 5.41) is 0. The second kappa shape index (κ2) is 5.02. The third-order valence-corrected chi connectivity index (χ3v) is 5.46. The SMILES string of the molecule is CCS(=O)(=O)N1CCc2cc(C(C)C)ccc2C1. The van der Waals surface area contributed by atoms with Crippen LogP contribution in [0.3, 0.4) is 0 Å². The average Bonchev–Trinajstić information content (AvgIpc) is 2.37. The molecule has 0 aromatic heterocycles. The second-order valence-electron chi connectivity index (χ2n) is 5.17. The number of rotatable bonds is 3. The zero-order valence-electron chi connectivity index (χ0n) is 11.3. The lowest BCUT2D eigenvalue weighted by Gasteiger charge is -2.28. The third kappa shape index (κ3) is 2.59. The van der Waals surface area contributed by atoms with Gasteiger partial charge in [-0.3, -0.25) is 0 Å². The van der Waals surface area contributed by atoms with Crippen LogP contribution < -0.4 is 0 Å². The predicted molar refractivity (Wildman–Crippen MR) is 74.1 cm³/mol. The van der Waals surface area contributed by atoms with Crippen LogP contribution in [0.4, 0.5) is 0 Å². The van der Waals surface area contributed by atoms with Crippen LogP contribution >= 0.6 is 0 Å². The lowest BCUT2D eigenvalue weighted by molar-refractivity contribution is 0.392. The van der Waals surface area contributed by atoms with Gasteiger partial charge in [0.05, 0.1) is 5.75 Å². The highest BCUT2D eigenvalue weighted by Crippen LogP contribution is 2.25. The zero-order valence-corrected chi connectivity index (χ0v) is 12.1. The maximum atomic E-state index is 11.9. The van der Waals surface area contributed by atoms with Gasteiger partial charge in [0.15, 0.2) is 0 Å². The minimum atomic E-state index is -3.06. The first kappa shape index (κ1) is 13.6. The van der Waals surface area contributed by atoms with Crippen LogP contribution in [0.2, 0.25) is 0 Å². The molecule has 1 aromatic rings. The molecule has 0 amide bonds. The van der Waals surface area contributed by atoms with Crippen molar-refractivity contribution in [3.8, 4) is 0 Å². The van der Waals surface area contributed by atoms with E-state index >= 15 is 0 Å². The van der Waals surface area contributed by atoms with Gasteiger partial charge in [0.25, 0.3) is 0 Å². The number of hydrogen-bond acceptors (Lipinski definition) is 2. The Morgan fingerprint density at radius 3 is 2.61 bits per heavy atom. The molecule has 4 heteroatoms. The summed E-state index contributed by atoms with van der Waals surface area (Å²) < 4.78 is 25.3. The number of benzene rings is 1. The van der Waals surface area contributed by atoms with Crippen LogP contribution in [-0.2, 0) is 23.0 Å². The van der Waals surface area contributed by atoms with Crippen molar-refractivity contribution in [2.45, 2.75) is 39.7 Å². The first-order valence-corrected chi connectivity index (χ1v) is 8.14. The van der Waals surface area contributed by atoms with E-state index < -0.39 is 10.0 Å². The van der Waals surface area contributed by atoms with Gasteiger partial charge in [-0.1, -0.05) is 32.0 Å². The monoisotopic (exact) mass is 267 g/mol. The summed E-state index contributed by atoms with van der Waals surface area (Å²) in [6, 6.07) is 6.43. The molecule has 0 saturated carbocycles. The quantitative estimate of drug-likeness (QED) is 0.844. The van der Waals surface area contributed by atoms with Gasteiger partial charge >= 0.3 is 0 Å². The lowest BCUT2D eigenvalue weighted by Crippen LogP contribution is -2.36. The van der Waals surface area contributed by atoms with Gasteiger partial charge in [-0.2, -0.15) is 4.31 Å². The fraction of sp³-hybridized carbons (Fsp3) is 0.571. The van der Waals surface area contributed by atoms with Crippen LogP contribution in [0.15, 0.2) is 18.2 Å². The highest BCUT2D eigenvalue weighted by molar-refractivity contribution is 7.89. The van der Waals surface area contributed by atoms with Crippen molar-refractivity contribution in [2.75, 3.05) is 12.3 Å². The van der Waals surface area contributed by atoms with Crippen molar-refractivity contribution in [1.82, 2.24) is 4.31 Å². The summed E-state index contributed by atoms with van der Waals surface area (Å²) >= 11 is 0. The molecule has 2 rings (SSSR count). The summed E-state index contributed by atoms with van der Waals surface area (Å²) in [5.41, 5.74) is 3.80. The molecule has 1 aromatic carbocycles. The second-order valence-corrected chi connectivity index (χ2v) is 7.42. The van der Waals surface area contributed by atoms with Crippen molar-refractivity contribution < 1.29 is 8.42 Å². The fourth-order valence-corrected chi connectivity index (χ4v) is 3.40. The highest BCUT2D eigenvalue weighted by Gasteiger charge is 2.25. The molecule has 1 heterocycles. The Labute approximate surface area is 110 Å². The predicted octanol–water partition coefficient (Wildman–Crippen LogP) is 2.52. The van der Waals surface area contributed by atoms with Crippen LogP contribution in [-0.4, -0.2) is 25.0 Å². The zero-order chi connectivity index (χ0) is 13.3. The first-order chi connectivity index (χ1) is 8.44. The standard InChI is InChI=1S/C14H21NO2S/c1-4-18(16,17)15-8-7-13-9-12(11(2)3)5-6-14(13)10-15/h5-6,9,11H,4,7-8,10H2,1-3H3. The van der Waals surface area contributed by atoms with Gasteiger partial charge in [-0.05, 0) is 36.0 Å². The van der Waals surface area contributed by atoms with Gasteiger partial charge in [0.2, 0.25) is 10.0 Å². The van der Waals surface area contributed by atoms with Crippen molar-refractivity contribution in [1.29, 1.82) is 0 Å². The Kier molecular flexibility index (Phi) is 3.78. The van der Waals surface area contributed by atoms with Gasteiger partial charge < -0.3 is 0 Å². The van der Waals surface area contributed by atoms with E-state index in [0.717, 1.165) is 12.0 Å². The molecule has 0 N–H and O–H groups in total. The molecule has 0 spiro atoms. The lowest BCUT2D eigenvalue weighted by atomic mass is 9.94. The molecule has 0 atom stereocenters. The molecule has 100 valence electrons. The Bertz CT molecular complexity index is 535. The Hall–Kier alpha value is -0.870. The summed E-state index contributed by atoms with van der Waals surface area (Å²) in [6.07, 6.45) is 0.828. The summed E-state index contributed by atoms with van der Waals surface area (Å²) in [4.78, 5) is 0. The number of fused-ring (bicyclic) bond motifs is 1. The smallest absolute Gasteiger partial charge is 0.212 e. The Morgan fingerprint density at radius 2 is 2.00 bits per heavy atom. The Balaban J connectivity index is 2.26. The molecule has 1 aliphatic heterocycles. The van der Waals surface area contributed by atoms with E-state index in [1.165, 1.54) is 11.1 Å². The van der Waals surface area contributed by atoms with E-state index in [1.807, 2.05) is 0 Å². The van der Waals surface area contributed by atoms with Crippen molar-refractivity contribution in [3.63, 3.8) is 0 Å². The van der Waals surface area contributed by atoms with E-state index in [-0.39, 0.29) is 5.75 Å². The number of sulfonamides is 1. The molecule has 0 saturated heterocycles. The fourth-order valence-electron chi connectivity index (χ4n) is 2.33. The number of nitrogens with zero attached hydrogens (tertiary/aromatic N) is 1. The van der Waals surface area contributed by atoms with Crippen LogP contribution in [0, 0.1) is 0 Å². The topological polar surface area (TPSA) is 37.4 Å². The van der Waals surface area contributed by atoms with Crippen molar-refractivity contribution in [3.05, 3.63) is 34.9 Å². The minimum absolute atomic E-state index is 0.187. The minimum Gasteiger partial charge on any atom is -0.212 e. The van der Waals surface area contributed by atoms with E-state index in [0.29, 0.717) is 19.0 Å². The highest BCUT2D eigenvalue weighted by atomic mass is 32.2. The van der Waals surface area contributed by atoms with Crippen LogP contribution in [0.25, 0.3) is 0 Å². The number of hydrogen-bond donors (Lipinski definition) is 0. The molecule has 0 unspecified atom stereocenters. The van der Waals surface area contributed by atoms with Crippen LogP contribution in [0.5, 0.6) is 0 Å². The maximum absolute atomic E-state index is 11.9. The molecule has 0 aliphatic carbocycles. The average molecular weight is 267 g/mol. The van der Waals surface area contributed by atoms with Gasteiger partial charge in [-0.25, -0.2) is 8.42 Å². The molecule has 18 heavy (non-hydrogen) atoms. The molecule has 1 aliphatic rings. The molecular weight excluding hydrogens is 246 g/mol.